The second-order valence-corrected chi connectivity index (χ2v) is 11.4. The van der Waals surface area contributed by atoms with Crippen LogP contribution in [0.3, 0.4) is 0 Å². The maximum Gasteiger partial charge on any atom is 0.226 e. The Morgan fingerprint density at radius 1 is 1.05 bits per heavy atom. The Kier molecular flexibility index (Phi) is 7.87. The highest BCUT2D eigenvalue weighted by Gasteiger charge is 2.32. The van der Waals surface area contributed by atoms with Gasteiger partial charge in [-0.2, -0.15) is 0 Å². The molecule has 0 saturated carbocycles. The third-order valence-corrected chi connectivity index (χ3v) is 8.52. The molecule has 0 bridgehead atoms. The second kappa shape index (κ2) is 11.8. The molecule has 0 radical (unpaired) electrons. The molecule has 7 heteroatoms. The minimum atomic E-state index is -0.103. The molecule has 2 aliphatic heterocycles. The fourth-order valence-corrected chi connectivity index (χ4v) is 6.22. The summed E-state index contributed by atoms with van der Waals surface area (Å²) in [6.07, 6.45) is 5.41. The third kappa shape index (κ3) is 5.64. The Labute approximate surface area is 241 Å². The molecule has 1 atom stereocenters. The summed E-state index contributed by atoms with van der Waals surface area (Å²) in [5.41, 5.74) is 5.26. The zero-order valence-electron chi connectivity index (χ0n) is 23.0. The molecule has 1 amide bonds. The molecule has 6 rings (SSSR count). The first-order valence-corrected chi connectivity index (χ1v) is 14.9. The van der Waals surface area contributed by atoms with E-state index in [1.165, 1.54) is 5.56 Å². The van der Waals surface area contributed by atoms with Crippen molar-refractivity contribution in [3.63, 3.8) is 0 Å². The van der Waals surface area contributed by atoms with Gasteiger partial charge in [-0.15, -0.1) is 0 Å². The SMILES string of the molecule is CCCCC(CC1=Nc2ccccc2CN1c1cccc(Cl)c1)C(=O)N1CCC(c2nc3ccccc3[nH]2)CC1. The molecule has 1 unspecified atom stereocenters. The largest absolute Gasteiger partial charge is 0.342 e. The van der Waals surface area contributed by atoms with Gasteiger partial charge in [-0.05, 0) is 61.2 Å². The van der Waals surface area contributed by atoms with E-state index in [9.17, 15) is 4.79 Å². The van der Waals surface area contributed by atoms with E-state index in [4.69, 9.17) is 21.6 Å². The molecule has 1 saturated heterocycles. The summed E-state index contributed by atoms with van der Waals surface area (Å²) >= 11 is 6.38. The number of fused-ring (bicyclic) bond motifs is 2. The molecule has 1 aromatic heterocycles. The van der Waals surface area contributed by atoms with Crippen LogP contribution in [0.25, 0.3) is 11.0 Å². The summed E-state index contributed by atoms with van der Waals surface area (Å²) in [6, 6.07) is 24.4. The molecule has 1 fully saturated rings. The number of anilines is 1. The van der Waals surface area contributed by atoms with Crippen molar-refractivity contribution in [2.75, 3.05) is 18.0 Å². The first-order chi connectivity index (χ1) is 19.6. The maximum absolute atomic E-state index is 14.0. The first kappa shape index (κ1) is 26.6. The predicted octanol–water partition coefficient (Wildman–Crippen LogP) is 7.87. The fraction of sp³-hybridized carbons (Fsp3) is 0.364. The van der Waals surface area contributed by atoms with Crippen LogP contribution in [-0.4, -0.2) is 39.7 Å². The summed E-state index contributed by atoms with van der Waals surface area (Å²) < 4.78 is 0. The Balaban J connectivity index is 1.20. The molecule has 0 aliphatic carbocycles. The second-order valence-electron chi connectivity index (χ2n) is 11.0. The summed E-state index contributed by atoms with van der Waals surface area (Å²) in [4.78, 5) is 31.8. The van der Waals surface area contributed by atoms with Gasteiger partial charge in [-0.25, -0.2) is 9.98 Å². The van der Waals surface area contributed by atoms with Gasteiger partial charge < -0.3 is 14.8 Å². The van der Waals surface area contributed by atoms with Crippen LogP contribution in [-0.2, 0) is 11.3 Å². The minimum Gasteiger partial charge on any atom is -0.342 e. The van der Waals surface area contributed by atoms with Crippen LogP contribution < -0.4 is 4.90 Å². The number of likely N-dealkylation sites (tertiary alicyclic amines) is 1. The number of hydrogen-bond acceptors (Lipinski definition) is 4. The van der Waals surface area contributed by atoms with Gasteiger partial charge in [0.2, 0.25) is 5.91 Å². The predicted molar refractivity (Wildman–Crippen MR) is 163 cm³/mol. The van der Waals surface area contributed by atoms with Crippen molar-refractivity contribution in [1.29, 1.82) is 0 Å². The van der Waals surface area contributed by atoms with E-state index in [0.29, 0.717) is 23.9 Å². The van der Waals surface area contributed by atoms with Gasteiger partial charge in [0.25, 0.3) is 0 Å². The topological polar surface area (TPSA) is 64.6 Å². The highest BCUT2D eigenvalue weighted by Crippen LogP contribution is 2.34. The first-order valence-electron chi connectivity index (χ1n) is 14.5. The van der Waals surface area contributed by atoms with Crippen LogP contribution in [0.5, 0.6) is 0 Å². The Morgan fingerprint density at radius 3 is 2.65 bits per heavy atom. The highest BCUT2D eigenvalue weighted by molar-refractivity contribution is 6.31. The van der Waals surface area contributed by atoms with Crippen molar-refractivity contribution >= 4 is 45.8 Å². The van der Waals surface area contributed by atoms with Crippen molar-refractivity contribution in [3.05, 3.63) is 89.2 Å². The minimum absolute atomic E-state index is 0.103. The van der Waals surface area contributed by atoms with E-state index in [2.05, 4.69) is 52.0 Å². The molecular formula is C33H36ClN5O. The molecule has 4 aromatic rings. The lowest BCUT2D eigenvalue weighted by Crippen LogP contribution is -2.43. The monoisotopic (exact) mass is 553 g/mol. The van der Waals surface area contributed by atoms with Crippen LogP contribution in [0.4, 0.5) is 11.4 Å². The number of aromatic nitrogens is 2. The Bertz CT molecular complexity index is 1490. The van der Waals surface area contributed by atoms with Crippen molar-refractivity contribution in [3.8, 4) is 0 Å². The van der Waals surface area contributed by atoms with Gasteiger partial charge in [0.05, 0.1) is 23.3 Å². The fourth-order valence-electron chi connectivity index (χ4n) is 6.04. The number of rotatable bonds is 8. The number of halogens is 1. The van der Waals surface area contributed by atoms with Crippen molar-refractivity contribution in [2.24, 2.45) is 10.9 Å². The lowest BCUT2D eigenvalue weighted by atomic mass is 9.91. The molecular weight excluding hydrogens is 518 g/mol. The standard InChI is InChI=1S/C33H36ClN5O/c1-2-3-9-24(33(40)38-18-16-23(17-19-38)32-36-29-14-6-7-15-30(29)37-32)20-31-35-28-13-5-4-10-25(28)22-39(31)27-12-8-11-26(34)21-27/h4-8,10-15,21,23-24H,2-3,9,16-20,22H2,1H3,(H,36,37). The zero-order valence-corrected chi connectivity index (χ0v) is 23.8. The average molecular weight is 554 g/mol. The van der Waals surface area contributed by atoms with Crippen molar-refractivity contribution in [1.82, 2.24) is 14.9 Å². The molecule has 2 aliphatic rings. The van der Waals surface area contributed by atoms with Gasteiger partial charge in [-0.3, -0.25) is 4.79 Å². The van der Waals surface area contributed by atoms with Crippen molar-refractivity contribution in [2.45, 2.75) is 57.9 Å². The number of carbonyl (C=O) groups is 1. The number of imidazole rings is 1. The van der Waals surface area contributed by atoms with Gasteiger partial charge in [0.15, 0.2) is 0 Å². The third-order valence-electron chi connectivity index (χ3n) is 8.29. The number of unbranched alkanes of at least 4 members (excludes halogenated alkanes) is 1. The van der Waals surface area contributed by atoms with Crippen molar-refractivity contribution < 1.29 is 4.79 Å². The molecule has 3 heterocycles. The van der Waals surface area contributed by atoms with E-state index in [1.807, 2.05) is 42.5 Å². The molecule has 0 spiro atoms. The molecule has 1 N–H and O–H groups in total. The van der Waals surface area contributed by atoms with Gasteiger partial charge in [0, 0.05) is 42.1 Å². The number of benzene rings is 3. The number of H-pyrrole nitrogens is 1. The van der Waals surface area contributed by atoms with E-state index in [-0.39, 0.29) is 11.8 Å². The number of piperidine rings is 1. The normalized spacial score (nSPS) is 16.6. The molecule has 40 heavy (non-hydrogen) atoms. The zero-order chi connectivity index (χ0) is 27.5. The van der Waals surface area contributed by atoms with E-state index >= 15 is 0 Å². The summed E-state index contributed by atoms with van der Waals surface area (Å²) in [7, 11) is 0. The van der Waals surface area contributed by atoms with Gasteiger partial charge >= 0.3 is 0 Å². The smallest absolute Gasteiger partial charge is 0.226 e. The number of aromatic amines is 1. The van der Waals surface area contributed by atoms with Gasteiger partial charge in [0.1, 0.15) is 11.7 Å². The van der Waals surface area contributed by atoms with Crippen LogP contribution in [0.2, 0.25) is 5.02 Å². The number of aliphatic imine (C=N–C) groups is 1. The number of carbonyl (C=O) groups excluding carboxylic acids is 1. The van der Waals surface area contributed by atoms with Crippen LogP contribution in [0, 0.1) is 5.92 Å². The molecule has 206 valence electrons. The Hall–Kier alpha value is -3.64. The van der Waals surface area contributed by atoms with E-state index < -0.39 is 0 Å². The van der Waals surface area contributed by atoms with Crippen LogP contribution >= 0.6 is 11.6 Å². The number of para-hydroxylation sites is 3. The summed E-state index contributed by atoms with van der Waals surface area (Å²) in [5.74, 6) is 2.48. The van der Waals surface area contributed by atoms with Gasteiger partial charge in [-0.1, -0.05) is 67.8 Å². The number of hydrogen-bond donors (Lipinski definition) is 1. The lowest BCUT2D eigenvalue weighted by molar-refractivity contribution is -0.136. The van der Waals surface area contributed by atoms with E-state index in [1.54, 1.807) is 0 Å². The number of nitrogens with zero attached hydrogens (tertiary/aromatic N) is 4. The lowest BCUT2D eigenvalue weighted by Gasteiger charge is -2.36. The maximum atomic E-state index is 14.0. The number of amides is 1. The summed E-state index contributed by atoms with van der Waals surface area (Å²) in [6.45, 7) is 4.42. The average Bonchev–Trinajstić information content (AvgIpc) is 3.43. The quantitative estimate of drug-likeness (QED) is 0.241. The molecule has 3 aromatic carbocycles. The number of amidine groups is 1. The summed E-state index contributed by atoms with van der Waals surface area (Å²) in [5, 5.41) is 0.696. The number of nitrogens with one attached hydrogen (secondary N) is 1. The van der Waals surface area contributed by atoms with E-state index in [0.717, 1.165) is 79.3 Å². The Morgan fingerprint density at radius 2 is 1.85 bits per heavy atom. The molecule has 6 nitrogen and oxygen atoms in total. The van der Waals surface area contributed by atoms with Crippen LogP contribution in [0.1, 0.15) is 62.8 Å². The highest BCUT2D eigenvalue weighted by atomic mass is 35.5. The van der Waals surface area contributed by atoms with Crippen LogP contribution in [0.15, 0.2) is 77.8 Å².